The number of hydrogen-bond acceptors (Lipinski definition) is 7. The lowest BCUT2D eigenvalue weighted by molar-refractivity contribution is 0.0844. The molecule has 5 rings (SSSR count). The Kier molecular flexibility index (Phi) is 5.54. The van der Waals surface area contributed by atoms with Crippen LogP contribution in [0.15, 0.2) is 70.0 Å². The van der Waals surface area contributed by atoms with Crippen molar-refractivity contribution in [3.05, 3.63) is 99.2 Å². The highest BCUT2D eigenvalue weighted by atomic mass is 16.5. The maximum Gasteiger partial charge on any atom is 0.290 e. The van der Waals surface area contributed by atoms with Crippen LogP contribution in [-0.4, -0.2) is 31.7 Å². The third-order valence-electron chi connectivity index (χ3n) is 5.54. The minimum absolute atomic E-state index is 0.00800. The van der Waals surface area contributed by atoms with E-state index in [0.717, 1.165) is 5.56 Å². The van der Waals surface area contributed by atoms with Crippen molar-refractivity contribution >= 4 is 33.7 Å². The number of hydrogen-bond donors (Lipinski definition) is 2. The average Bonchev–Trinajstić information content (AvgIpc) is 3.24. The van der Waals surface area contributed by atoms with Crippen LogP contribution in [0, 0.1) is 13.8 Å². The number of nitrogens with one attached hydrogen (secondary N) is 2. The molecule has 0 atom stereocenters. The monoisotopic (exact) mass is 468 g/mol. The number of amides is 2. The van der Waals surface area contributed by atoms with Crippen molar-refractivity contribution in [3.63, 3.8) is 0 Å². The molecule has 0 bridgehead atoms. The highest BCUT2D eigenvalue weighted by Crippen LogP contribution is 2.21. The Morgan fingerprint density at radius 2 is 1.63 bits per heavy atom. The Bertz CT molecular complexity index is 1660. The quantitative estimate of drug-likeness (QED) is 0.388. The fourth-order valence-electron chi connectivity index (χ4n) is 3.90. The molecule has 0 aliphatic rings. The predicted octanol–water partition coefficient (Wildman–Crippen LogP) is 2.67. The smallest absolute Gasteiger partial charge is 0.290 e. The van der Waals surface area contributed by atoms with E-state index in [-0.39, 0.29) is 29.1 Å². The van der Waals surface area contributed by atoms with Crippen molar-refractivity contribution in [2.24, 2.45) is 0 Å². The molecule has 3 heterocycles. The third-order valence-corrected chi connectivity index (χ3v) is 5.54. The summed E-state index contributed by atoms with van der Waals surface area (Å²) < 4.78 is 6.41. The first-order valence-corrected chi connectivity index (χ1v) is 10.8. The van der Waals surface area contributed by atoms with Crippen LogP contribution in [-0.2, 0) is 6.54 Å². The summed E-state index contributed by atoms with van der Waals surface area (Å²) in [7, 11) is 0. The minimum Gasteiger partial charge on any atom is -0.336 e. The number of rotatable bonds is 4. The first kappa shape index (κ1) is 22.0. The first-order valence-electron chi connectivity index (χ1n) is 10.8. The Hall–Kier alpha value is -4.86. The number of carbonyl (C=O) groups excluding carboxylic acids is 2. The summed E-state index contributed by atoms with van der Waals surface area (Å²) >= 11 is 0. The van der Waals surface area contributed by atoms with Gasteiger partial charge in [0.15, 0.2) is 5.69 Å². The zero-order chi connectivity index (χ0) is 24.5. The van der Waals surface area contributed by atoms with E-state index in [1.165, 1.54) is 4.68 Å². The van der Waals surface area contributed by atoms with Crippen molar-refractivity contribution in [2.45, 2.75) is 20.4 Å². The fourth-order valence-corrected chi connectivity index (χ4v) is 3.90. The normalized spacial score (nSPS) is 11.0. The van der Waals surface area contributed by atoms with Crippen molar-refractivity contribution in [2.75, 3.05) is 0 Å². The topological polar surface area (TPSA) is 132 Å². The largest absolute Gasteiger partial charge is 0.336 e. The molecule has 2 amide bonds. The lowest BCUT2D eigenvalue weighted by Gasteiger charge is -2.12. The maximum atomic E-state index is 13.1. The van der Waals surface area contributed by atoms with Gasteiger partial charge in [-0.25, -0.2) is 9.67 Å². The van der Waals surface area contributed by atoms with Gasteiger partial charge in [-0.1, -0.05) is 53.7 Å². The molecular weight excluding hydrogens is 448 g/mol. The van der Waals surface area contributed by atoms with Gasteiger partial charge in [0.05, 0.1) is 28.6 Å². The Balaban J connectivity index is 1.46. The van der Waals surface area contributed by atoms with Gasteiger partial charge in [-0.2, -0.15) is 5.10 Å². The number of fused-ring (bicyclic) bond motifs is 2. The molecule has 0 radical (unpaired) electrons. The van der Waals surface area contributed by atoms with E-state index in [2.05, 4.69) is 26.1 Å². The van der Waals surface area contributed by atoms with Gasteiger partial charge in [0.25, 0.3) is 23.1 Å². The molecular formula is C25H20N6O4. The third kappa shape index (κ3) is 4.12. The first-order chi connectivity index (χ1) is 16.9. The molecule has 0 spiro atoms. The summed E-state index contributed by atoms with van der Waals surface area (Å²) in [4.78, 5) is 43.3. The van der Waals surface area contributed by atoms with E-state index in [1.54, 1.807) is 44.2 Å². The van der Waals surface area contributed by atoms with Crippen LogP contribution in [0.25, 0.3) is 21.9 Å². The van der Waals surface area contributed by atoms with Gasteiger partial charge in [0.2, 0.25) is 0 Å². The zero-order valence-electron chi connectivity index (χ0n) is 18.9. The number of pyridine rings is 1. The molecule has 0 saturated carbocycles. The zero-order valence-corrected chi connectivity index (χ0v) is 18.9. The molecule has 0 unspecified atom stereocenters. The van der Waals surface area contributed by atoms with Gasteiger partial charge in [-0.3, -0.25) is 25.2 Å². The van der Waals surface area contributed by atoms with E-state index < -0.39 is 11.8 Å². The molecule has 3 aromatic heterocycles. The van der Waals surface area contributed by atoms with Gasteiger partial charge in [0, 0.05) is 11.1 Å². The number of nitrogens with zero attached hydrogens (tertiary/aromatic N) is 4. The SMILES string of the molecule is Cc1cc(C(=O)NNC(=O)c2nn(Cc3ccccc3)c(=O)c3ccccc23)c2c(C)noc2n1. The molecule has 10 heteroatoms. The highest BCUT2D eigenvalue weighted by Gasteiger charge is 2.21. The summed E-state index contributed by atoms with van der Waals surface area (Å²) in [6.45, 7) is 3.61. The van der Waals surface area contributed by atoms with Crippen LogP contribution in [0.1, 0.15) is 37.8 Å². The molecule has 0 fully saturated rings. The second kappa shape index (κ2) is 8.82. The molecule has 174 valence electrons. The van der Waals surface area contributed by atoms with Gasteiger partial charge < -0.3 is 4.52 Å². The fraction of sp³-hybridized carbons (Fsp3) is 0.120. The van der Waals surface area contributed by atoms with E-state index >= 15 is 0 Å². The van der Waals surface area contributed by atoms with Crippen molar-refractivity contribution in [1.82, 2.24) is 30.8 Å². The molecule has 0 aliphatic carbocycles. The molecule has 5 aromatic rings. The molecule has 2 aromatic carbocycles. The lowest BCUT2D eigenvalue weighted by Crippen LogP contribution is -2.43. The van der Waals surface area contributed by atoms with Crippen LogP contribution in [0.3, 0.4) is 0 Å². The number of aryl methyl sites for hydroxylation is 2. The average molecular weight is 468 g/mol. The van der Waals surface area contributed by atoms with Crippen molar-refractivity contribution < 1.29 is 14.1 Å². The second-order valence-electron chi connectivity index (χ2n) is 8.01. The van der Waals surface area contributed by atoms with Crippen LogP contribution in [0.5, 0.6) is 0 Å². The minimum atomic E-state index is -0.666. The highest BCUT2D eigenvalue weighted by molar-refractivity contribution is 6.09. The van der Waals surface area contributed by atoms with Crippen molar-refractivity contribution in [3.8, 4) is 0 Å². The molecule has 2 N–H and O–H groups in total. The maximum absolute atomic E-state index is 13.1. The number of aromatic nitrogens is 4. The summed E-state index contributed by atoms with van der Waals surface area (Å²) in [6, 6.07) is 17.6. The van der Waals surface area contributed by atoms with E-state index in [0.29, 0.717) is 27.5 Å². The van der Waals surface area contributed by atoms with Crippen molar-refractivity contribution in [1.29, 1.82) is 0 Å². The van der Waals surface area contributed by atoms with Gasteiger partial charge in [-0.05, 0) is 31.5 Å². The molecule has 0 aliphatic heterocycles. The van der Waals surface area contributed by atoms with E-state index in [9.17, 15) is 14.4 Å². The Morgan fingerprint density at radius 1 is 0.943 bits per heavy atom. The summed E-state index contributed by atoms with van der Waals surface area (Å²) in [6.07, 6.45) is 0. The van der Waals surface area contributed by atoms with Gasteiger partial charge >= 0.3 is 0 Å². The van der Waals surface area contributed by atoms with Crippen LogP contribution in [0.2, 0.25) is 0 Å². The number of carbonyl (C=O) groups is 2. The molecule has 35 heavy (non-hydrogen) atoms. The van der Waals surface area contributed by atoms with Crippen LogP contribution >= 0.6 is 0 Å². The van der Waals surface area contributed by atoms with Gasteiger partial charge in [-0.15, -0.1) is 0 Å². The van der Waals surface area contributed by atoms with Crippen LogP contribution in [0.4, 0.5) is 0 Å². The molecule has 10 nitrogen and oxygen atoms in total. The molecule has 0 saturated heterocycles. The standard InChI is InChI=1S/C25H20N6O4/c1-14-12-19(20-15(2)30-35-24(20)26-14)22(32)27-28-23(33)21-17-10-6-7-11-18(17)25(34)31(29-21)13-16-8-4-3-5-9-16/h3-12H,13H2,1-2H3,(H,27,32)(H,28,33). The second-order valence-corrected chi connectivity index (χ2v) is 8.01. The number of hydrazine groups is 1. The Labute approximate surface area is 198 Å². The predicted molar refractivity (Wildman–Crippen MR) is 128 cm³/mol. The summed E-state index contributed by atoms with van der Waals surface area (Å²) in [5.41, 5.74) is 6.94. The van der Waals surface area contributed by atoms with E-state index in [4.69, 9.17) is 4.52 Å². The lowest BCUT2D eigenvalue weighted by atomic mass is 10.1. The number of benzene rings is 2. The van der Waals surface area contributed by atoms with Gasteiger partial charge in [0.1, 0.15) is 0 Å². The summed E-state index contributed by atoms with van der Waals surface area (Å²) in [5.74, 6) is -1.23. The van der Waals surface area contributed by atoms with Crippen LogP contribution < -0.4 is 16.4 Å². The van der Waals surface area contributed by atoms with E-state index in [1.807, 2.05) is 30.3 Å². The summed E-state index contributed by atoms with van der Waals surface area (Å²) in [5, 5.41) is 9.37. The Morgan fingerprint density at radius 3 is 2.40 bits per heavy atom.